The van der Waals surface area contributed by atoms with Gasteiger partial charge in [0, 0.05) is 39.5 Å². The number of halogens is 2. The quantitative estimate of drug-likeness (QED) is 0.375. The molecule has 1 aliphatic rings. The molecule has 6 nitrogen and oxygen atoms in total. The van der Waals surface area contributed by atoms with Crippen LogP contribution in [0.5, 0.6) is 0 Å². The summed E-state index contributed by atoms with van der Waals surface area (Å²) in [6.45, 7) is 2.64. The first-order chi connectivity index (χ1) is 12.1. The first-order valence-electron chi connectivity index (χ1n) is 8.63. The van der Waals surface area contributed by atoms with E-state index in [1.54, 1.807) is 19.2 Å². The van der Waals surface area contributed by atoms with Gasteiger partial charge in [-0.15, -0.1) is 24.0 Å². The van der Waals surface area contributed by atoms with Gasteiger partial charge in [0.1, 0.15) is 5.82 Å². The van der Waals surface area contributed by atoms with Gasteiger partial charge in [0.25, 0.3) is 0 Å². The smallest absolute Gasteiger partial charge is 0.243 e. The number of nitrogens with zero attached hydrogens (tertiary/aromatic N) is 2. The van der Waals surface area contributed by atoms with Crippen molar-refractivity contribution in [3.8, 4) is 0 Å². The van der Waals surface area contributed by atoms with Crippen molar-refractivity contribution in [1.82, 2.24) is 10.2 Å². The molecule has 1 saturated heterocycles. The van der Waals surface area contributed by atoms with E-state index in [-0.39, 0.29) is 42.2 Å². The fourth-order valence-electron chi connectivity index (χ4n) is 2.83. The highest BCUT2D eigenvalue weighted by Crippen LogP contribution is 2.18. The van der Waals surface area contributed by atoms with E-state index >= 15 is 0 Å². The van der Waals surface area contributed by atoms with Crippen LogP contribution in [0.3, 0.4) is 0 Å². The van der Waals surface area contributed by atoms with Crippen LogP contribution in [0, 0.1) is 11.7 Å². The molecular formula is C18H28FIN4O2. The molecule has 0 radical (unpaired) electrons. The van der Waals surface area contributed by atoms with Crippen molar-refractivity contribution in [2.45, 2.75) is 19.3 Å². The predicted molar refractivity (Wildman–Crippen MR) is 113 cm³/mol. The summed E-state index contributed by atoms with van der Waals surface area (Å²) in [6, 6.07) is 5.83. The Bertz CT molecular complexity index is 594. The average molecular weight is 478 g/mol. The molecule has 26 heavy (non-hydrogen) atoms. The van der Waals surface area contributed by atoms with Crippen LogP contribution in [-0.2, 0) is 9.53 Å². The Hall–Kier alpha value is -1.42. The molecule has 1 aromatic carbocycles. The molecule has 2 N–H and O–H groups in total. The molecule has 0 saturated carbocycles. The lowest BCUT2D eigenvalue weighted by atomic mass is 9.96. The van der Waals surface area contributed by atoms with Gasteiger partial charge in [0.05, 0.1) is 6.54 Å². The van der Waals surface area contributed by atoms with E-state index in [1.807, 2.05) is 11.9 Å². The Labute approximate surface area is 171 Å². The number of anilines is 1. The molecule has 0 aromatic heterocycles. The SMILES string of the molecule is CN=C(NCC(=O)Nc1cccc(F)c1)N(C)CCC1CCOCC1.I. The summed E-state index contributed by atoms with van der Waals surface area (Å²) in [7, 11) is 3.65. The highest BCUT2D eigenvalue weighted by Gasteiger charge is 2.15. The minimum absolute atomic E-state index is 0. The first-order valence-corrected chi connectivity index (χ1v) is 8.63. The second-order valence-electron chi connectivity index (χ2n) is 6.23. The number of guanidine groups is 1. The normalized spacial score (nSPS) is 15.1. The molecule has 1 fully saturated rings. The van der Waals surface area contributed by atoms with E-state index < -0.39 is 0 Å². The topological polar surface area (TPSA) is 66.0 Å². The van der Waals surface area contributed by atoms with Crippen LogP contribution in [0.25, 0.3) is 0 Å². The molecule has 0 spiro atoms. The van der Waals surface area contributed by atoms with Gasteiger partial charge in [-0.25, -0.2) is 4.39 Å². The maximum absolute atomic E-state index is 13.1. The molecular weight excluding hydrogens is 450 g/mol. The maximum atomic E-state index is 13.1. The van der Waals surface area contributed by atoms with Crippen LogP contribution in [0.15, 0.2) is 29.3 Å². The summed E-state index contributed by atoms with van der Waals surface area (Å²) in [5.74, 6) is 0.728. The largest absolute Gasteiger partial charge is 0.381 e. The summed E-state index contributed by atoms with van der Waals surface area (Å²) >= 11 is 0. The fourth-order valence-corrected chi connectivity index (χ4v) is 2.83. The van der Waals surface area contributed by atoms with E-state index in [0.717, 1.165) is 39.0 Å². The van der Waals surface area contributed by atoms with Gasteiger partial charge >= 0.3 is 0 Å². The van der Waals surface area contributed by atoms with Crippen molar-refractivity contribution in [1.29, 1.82) is 0 Å². The number of amides is 1. The van der Waals surface area contributed by atoms with Crippen molar-refractivity contribution in [3.05, 3.63) is 30.1 Å². The first kappa shape index (κ1) is 22.6. The van der Waals surface area contributed by atoms with Crippen LogP contribution in [-0.4, -0.2) is 57.2 Å². The third-order valence-electron chi connectivity index (χ3n) is 4.30. The molecule has 1 amide bonds. The second kappa shape index (κ2) is 12.1. The van der Waals surface area contributed by atoms with Crippen LogP contribution in [0.2, 0.25) is 0 Å². The molecule has 2 rings (SSSR count). The standard InChI is InChI=1S/C18H27FN4O2.HI/c1-20-18(23(2)9-6-14-7-10-25-11-8-14)21-13-17(24)22-16-5-3-4-15(19)12-16;/h3-5,12,14H,6-11,13H2,1-2H3,(H,20,21)(H,22,24);1H. The average Bonchev–Trinajstić information content (AvgIpc) is 2.61. The van der Waals surface area contributed by atoms with E-state index in [2.05, 4.69) is 15.6 Å². The minimum Gasteiger partial charge on any atom is -0.381 e. The molecule has 8 heteroatoms. The van der Waals surface area contributed by atoms with Gasteiger partial charge in [-0.2, -0.15) is 0 Å². The van der Waals surface area contributed by atoms with E-state index in [4.69, 9.17) is 4.74 Å². The Kier molecular flexibility index (Phi) is 10.5. The number of aliphatic imine (C=N–C) groups is 1. The van der Waals surface area contributed by atoms with Gasteiger partial charge in [0.2, 0.25) is 5.91 Å². The Morgan fingerprint density at radius 1 is 1.38 bits per heavy atom. The van der Waals surface area contributed by atoms with E-state index in [0.29, 0.717) is 17.6 Å². The molecule has 0 aliphatic carbocycles. The number of hydrogen-bond acceptors (Lipinski definition) is 3. The lowest BCUT2D eigenvalue weighted by Gasteiger charge is -2.26. The lowest BCUT2D eigenvalue weighted by molar-refractivity contribution is -0.115. The van der Waals surface area contributed by atoms with Crippen molar-refractivity contribution in [2.75, 3.05) is 45.7 Å². The van der Waals surface area contributed by atoms with Gasteiger partial charge < -0.3 is 20.3 Å². The number of benzene rings is 1. The molecule has 1 aliphatic heterocycles. The van der Waals surface area contributed by atoms with Gasteiger partial charge in [0.15, 0.2) is 5.96 Å². The van der Waals surface area contributed by atoms with E-state index in [9.17, 15) is 9.18 Å². The monoisotopic (exact) mass is 478 g/mol. The predicted octanol–water partition coefficient (Wildman–Crippen LogP) is 2.71. The number of carbonyl (C=O) groups is 1. The summed E-state index contributed by atoms with van der Waals surface area (Å²) < 4.78 is 18.5. The van der Waals surface area contributed by atoms with Crippen molar-refractivity contribution in [3.63, 3.8) is 0 Å². The minimum atomic E-state index is -0.380. The molecule has 0 unspecified atom stereocenters. The molecule has 0 atom stereocenters. The summed E-state index contributed by atoms with van der Waals surface area (Å²) in [6.07, 6.45) is 3.29. The summed E-state index contributed by atoms with van der Waals surface area (Å²) in [5, 5.41) is 5.69. The van der Waals surface area contributed by atoms with Crippen molar-refractivity contribution >= 4 is 41.5 Å². The number of hydrogen-bond donors (Lipinski definition) is 2. The van der Waals surface area contributed by atoms with Crippen molar-refractivity contribution in [2.24, 2.45) is 10.9 Å². The lowest BCUT2D eigenvalue weighted by Crippen LogP contribution is -2.43. The van der Waals surface area contributed by atoms with Crippen molar-refractivity contribution < 1.29 is 13.9 Å². The molecule has 1 aromatic rings. The zero-order valence-corrected chi connectivity index (χ0v) is 17.7. The van der Waals surface area contributed by atoms with E-state index in [1.165, 1.54) is 12.1 Å². The fraction of sp³-hybridized carbons (Fsp3) is 0.556. The number of rotatable bonds is 6. The number of carbonyl (C=O) groups excluding carboxylic acids is 1. The molecule has 146 valence electrons. The van der Waals surface area contributed by atoms with Crippen LogP contribution in [0.4, 0.5) is 10.1 Å². The highest BCUT2D eigenvalue weighted by molar-refractivity contribution is 14.0. The second-order valence-corrected chi connectivity index (χ2v) is 6.23. The number of nitrogens with one attached hydrogen (secondary N) is 2. The Morgan fingerprint density at radius 2 is 2.12 bits per heavy atom. The molecule has 0 bridgehead atoms. The van der Waals surface area contributed by atoms with Crippen LogP contribution >= 0.6 is 24.0 Å². The Balaban J connectivity index is 0.00000338. The van der Waals surface area contributed by atoms with Crippen LogP contribution < -0.4 is 10.6 Å². The third kappa shape index (κ3) is 7.86. The zero-order valence-electron chi connectivity index (χ0n) is 15.3. The van der Waals surface area contributed by atoms with Gasteiger partial charge in [-0.3, -0.25) is 9.79 Å². The number of ether oxygens (including phenoxy) is 1. The van der Waals surface area contributed by atoms with Crippen LogP contribution in [0.1, 0.15) is 19.3 Å². The third-order valence-corrected chi connectivity index (χ3v) is 4.30. The molecule has 1 heterocycles. The summed E-state index contributed by atoms with van der Waals surface area (Å²) in [4.78, 5) is 18.2. The van der Waals surface area contributed by atoms with Gasteiger partial charge in [-0.05, 0) is 43.4 Å². The zero-order chi connectivity index (χ0) is 18.1. The highest BCUT2D eigenvalue weighted by atomic mass is 127. The van der Waals surface area contributed by atoms with Gasteiger partial charge in [-0.1, -0.05) is 6.07 Å². The Morgan fingerprint density at radius 3 is 2.77 bits per heavy atom. The summed E-state index contributed by atoms with van der Waals surface area (Å²) in [5.41, 5.74) is 0.439. The maximum Gasteiger partial charge on any atom is 0.243 e.